The molecule has 1 amide bonds. The fourth-order valence-electron chi connectivity index (χ4n) is 2.63. The van der Waals surface area contributed by atoms with Crippen LogP contribution in [0, 0.1) is 5.92 Å². The Labute approximate surface area is 116 Å². The Morgan fingerprint density at radius 2 is 2.11 bits per heavy atom. The Bertz CT molecular complexity index is 395. The van der Waals surface area contributed by atoms with Crippen molar-refractivity contribution in [2.45, 2.75) is 45.6 Å². The van der Waals surface area contributed by atoms with Crippen LogP contribution in [0.1, 0.15) is 39.5 Å². The molecule has 2 unspecified atom stereocenters. The van der Waals surface area contributed by atoms with E-state index in [2.05, 4.69) is 6.92 Å². The summed E-state index contributed by atoms with van der Waals surface area (Å²) in [5.74, 6) is 0.776. The zero-order valence-corrected chi connectivity index (χ0v) is 12.8. The molecule has 1 fully saturated rings. The fourth-order valence-corrected chi connectivity index (χ4v) is 4.19. The molecule has 0 radical (unpaired) electrons. The summed E-state index contributed by atoms with van der Waals surface area (Å²) in [4.78, 5) is 13.9. The lowest BCUT2D eigenvalue weighted by molar-refractivity contribution is -0.133. The lowest BCUT2D eigenvalue weighted by Gasteiger charge is -2.33. The van der Waals surface area contributed by atoms with E-state index in [-0.39, 0.29) is 23.5 Å². The molecule has 6 heteroatoms. The molecule has 1 aliphatic rings. The number of nitrogens with zero attached hydrogens (tertiary/aromatic N) is 1. The van der Waals surface area contributed by atoms with Crippen molar-refractivity contribution in [3.8, 4) is 0 Å². The molecule has 5 nitrogen and oxygen atoms in total. The number of hydrogen-bond acceptors (Lipinski definition) is 4. The van der Waals surface area contributed by atoms with E-state index in [1.165, 1.54) is 0 Å². The summed E-state index contributed by atoms with van der Waals surface area (Å²) in [7, 11) is -2.95. The largest absolute Gasteiger partial charge is 0.338 e. The Balaban J connectivity index is 2.46. The molecular weight excluding hydrogens is 264 g/mol. The molecule has 2 N–H and O–H groups in total. The van der Waals surface area contributed by atoms with Gasteiger partial charge in [-0.05, 0) is 32.2 Å². The maximum Gasteiger partial charge on any atom is 0.222 e. The molecule has 0 bridgehead atoms. The molecule has 0 saturated carbocycles. The highest BCUT2D eigenvalue weighted by Crippen LogP contribution is 2.18. The zero-order valence-electron chi connectivity index (χ0n) is 12.0. The van der Waals surface area contributed by atoms with Crippen LogP contribution < -0.4 is 5.73 Å². The fraction of sp³-hybridized carbons (Fsp3) is 0.923. The number of hydrogen-bond donors (Lipinski definition) is 1. The van der Waals surface area contributed by atoms with Gasteiger partial charge in [-0.15, -0.1) is 0 Å². The van der Waals surface area contributed by atoms with Gasteiger partial charge in [-0.2, -0.15) is 0 Å². The van der Waals surface area contributed by atoms with E-state index in [1.54, 1.807) is 4.90 Å². The van der Waals surface area contributed by atoms with Crippen molar-refractivity contribution in [1.82, 2.24) is 4.90 Å². The van der Waals surface area contributed by atoms with Crippen LogP contribution in [-0.4, -0.2) is 49.9 Å². The molecule has 0 aliphatic carbocycles. The van der Waals surface area contributed by atoms with E-state index in [0.29, 0.717) is 25.4 Å². The Morgan fingerprint density at radius 1 is 1.42 bits per heavy atom. The van der Waals surface area contributed by atoms with E-state index in [0.717, 1.165) is 19.3 Å². The van der Waals surface area contributed by atoms with Crippen molar-refractivity contribution in [1.29, 1.82) is 0 Å². The Kier molecular flexibility index (Phi) is 6.26. The quantitative estimate of drug-likeness (QED) is 0.784. The van der Waals surface area contributed by atoms with Crippen molar-refractivity contribution in [2.24, 2.45) is 11.7 Å². The second kappa shape index (κ2) is 7.24. The SMILES string of the molecule is CCC(CCN)CCC(=O)N1CCS(=O)(=O)CC1C. The highest BCUT2D eigenvalue weighted by atomic mass is 32.2. The minimum atomic E-state index is -2.95. The van der Waals surface area contributed by atoms with Crippen molar-refractivity contribution in [3.05, 3.63) is 0 Å². The highest BCUT2D eigenvalue weighted by Gasteiger charge is 2.30. The number of amides is 1. The Morgan fingerprint density at radius 3 is 2.63 bits per heavy atom. The summed E-state index contributed by atoms with van der Waals surface area (Å²) >= 11 is 0. The van der Waals surface area contributed by atoms with Gasteiger partial charge in [-0.1, -0.05) is 13.3 Å². The van der Waals surface area contributed by atoms with Crippen LogP contribution in [0.5, 0.6) is 0 Å². The second-order valence-electron chi connectivity index (χ2n) is 5.44. The van der Waals surface area contributed by atoms with E-state index in [4.69, 9.17) is 5.73 Å². The molecule has 1 aliphatic heterocycles. The molecule has 0 aromatic heterocycles. The third-order valence-electron chi connectivity index (χ3n) is 3.91. The summed E-state index contributed by atoms with van der Waals surface area (Å²) in [6.07, 6.45) is 3.34. The summed E-state index contributed by atoms with van der Waals surface area (Å²) in [6, 6.07) is -0.194. The highest BCUT2D eigenvalue weighted by molar-refractivity contribution is 7.91. The van der Waals surface area contributed by atoms with Gasteiger partial charge in [0.1, 0.15) is 0 Å². The smallest absolute Gasteiger partial charge is 0.222 e. The van der Waals surface area contributed by atoms with Crippen LogP contribution in [0.2, 0.25) is 0 Å². The summed E-state index contributed by atoms with van der Waals surface area (Å²) in [6.45, 7) is 4.92. The second-order valence-corrected chi connectivity index (χ2v) is 7.67. The van der Waals surface area contributed by atoms with E-state index >= 15 is 0 Å². The molecule has 19 heavy (non-hydrogen) atoms. The minimum absolute atomic E-state index is 0.0814. The first-order chi connectivity index (χ1) is 8.89. The molecule has 0 spiro atoms. The number of rotatable bonds is 6. The van der Waals surface area contributed by atoms with Crippen LogP contribution in [0.25, 0.3) is 0 Å². The Hall–Kier alpha value is -0.620. The third kappa shape index (κ3) is 5.10. The van der Waals surface area contributed by atoms with Gasteiger partial charge in [-0.3, -0.25) is 4.79 Å². The van der Waals surface area contributed by atoms with Gasteiger partial charge in [0.05, 0.1) is 11.5 Å². The molecule has 2 atom stereocenters. The number of sulfone groups is 1. The summed E-state index contributed by atoms with van der Waals surface area (Å²) < 4.78 is 22.9. The number of nitrogens with two attached hydrogens (primary N) is 1. The average Bonchev–Trinajstić information content (AvgIpc) is 2.33. The lowest BCUT2D eigenvalue weighted by Crippen LogP contribution is -2.49. The van der Waals surface area contributed by atoms with Gasteiger partial charge in [0, 0.05) is 19.0 Å². The average molecular weight is 290 g/mol. The first-order valence-corrected chi connectivity index (χ1v) is 8.91. The van der Waals surface area contributed by atoms with Gasteiger partial charge in [0.25, 0.3) is 0 Å². The van der Waals surface area contributed by atoms with Crippen LogP contribution >= 0.6 is 0 Å². The molecule has 1 heterocycles. The summed E-state index contributed by atoms with van der Waals surface area (Å²) in [5.41, 5.74) is 5.54. The molecular formula is C13H26N2O3S. The maximum absolute atomic E-state index is 12.1. The topological polar surface area (TPSA) is 80.5 Å². The predicted octanol–water partition coefficient (Wildman–Crippen LogP) is 0.787. The van der Waals surface area contributed by atoms with Gasteiger partial charge in [-0.25, -0.2) is 8.42 Å². The third-order valence-corrected chi connectivity index (χ3v) is 5.70. The zero-order chi connectivity index (χ0) is 14.5. The standard InChI is InChI=1S/C13H26N2O3S/c1-3-12(6-7-14)4-5-13(16)15-8-9-19(17,18)10-11(15)2/h11-12H,3-10,14H2,1-2H3. The van der Waals surface area contributed by atoms with Gasteiger partial charge in [0.15, 0.2) is 9.84 Å². The minimum Gasteiger partial charge on any atom is -0.338 e. The van der Waals surface area contributed by atoms with Gasteiger partial charge < -0.3 is 10.6 Å². The molecule has 1 rings (SSSR count). The van der Waals surface area contributed by atoms with Crippen LogP contribution in [0.3, 0.4) is 0 Å². The molecule has 0 aromatic carbocycles. The lowest BCUT2D eigenvalue weighted by atomic mass is 9.96. The van der Waals surface area contributed by atoms with Crippen molar-refractivity contribution < 1.29 is 13.2 Å². The first-order valence-electron chi connectivity index (χ1n) is 7.09. The van der Waals surface area contributed by atoms with Crippen molar-refractivity contribution in [3.63, 3.8) is 0 Å². The van der Waals surface area contributed by atoms with E-state index in [9.17, 15) is 13.2 Å². The van der Waals surface area contributed by atoms with Gasteiger partial charge >= 0.3 is 0 Å². The van der Waals surface area contributed by atoms with E-state index < -0.39 is 9.84 Å². The van der Waals surface area contributed by atoms with Crippen LogP contribution in [0.4, 0.5) is 0 Å². The summed E-state index contributed by atoms with van der Waals surface area (Å²) in [5, 5.41) is 0. The normalized spacial score (nSPS) is 24.2. The van der Waals surface area contributed by atoms with Crippen LogP contribution in [0.15, 0.2) is 0 Å². The van der Waals surface area contributed by atoms with Gasteiger partial charge in [0.2, 0.25) is 5.91 Å². The predicted molar refractivity (Wildman–Crippen MR) is 76.5 cm³/mol. The maximum atomic E-state index is 12.1. The van der Waals surface area contributed by atoms with Crippen LogP contribution in [-0.2, 0) is 14.6 Å². The molecule has 1 saturated heterocycles. The first kappa shape index (κ1) is 16.4. The molecule has 112 valence electrons. The number of carbonyl (C=O) groups excluding carboxylic acids is 1. The van der Waals surface area contributed by atoms with E-state index in [1.807, 2.05) is 6.92 Å². The number of carbonyl (C=O) groups is 1. The monoisotopic (exact) mass is 290 g/mol. The van der Waals surface area contributed by atoms with Crippen molar-refractivity contribution >= 4 is 15.7 Å². The molecule has 0 aromatic rings. The van der Waals surface area contributed by atoms with Crippen molar-refractivity contribution in [2.75, 3.05) is 24.6 Å².